The van der Waals surface area contributed by atoms with E-state index in [0.29, 0.717) is 17.4 Å². The fraction of sp³-hybridized carbons (Fsp3) is 0.625. The zero-order valence-electron chi connectivity index (χ0n) is 8.04. The van der Waals surface area contributed by atoms with Gasteiger partial charge in [0.2, 0.25) is 0 Å². The summed E-state index contributed by atoms with van der Waals surface area (Å²) in [5.41, 5.74) is 6.47. The van der Waals surface area contributed by atoms with E-state index in [0.717, 1.165) is 5.69 Å². The number of hydrogen-bond acceptors (Lipinski definition) is 3. The predicted molar refractivity (Wildman–Crippen MR) is 52.9 cm³/mol. The first kappa shape index (κ1) is 10.3. The molecule has 1 unspecified atom stereocenters. The fourth-order valence-electron chi connectivity index (χ4n) is 1.03. The Morgan fingerprint density at radius 1 is 1.69 bits per heavy atom. The molecule has 0 fully saturated rings. The van der Waals surface area contributed by atoms with Crippen molar-refractivity contribution < 1.29 is 4.74 Å². The van der Waals surface area contributed by atoms with Gasteiger partial charge in [-0.2, -0.15) is 5.10 Å². The van der Waals surface area contributed by atoms with Gasteiger partial charge in [0, 0.05) is 7.11 Å². The topological polar surface area (TPSA) is 53.1 Å². The molecule has 1 aromatic rings. The highest BCUT2D eigenvalue weighted by molar-refractivity contribution is 6.33. The minimum Gasteiger partial charge on any atom is -0.383 e. The van der Waals surface area contributed by atoms with Crippen molar-refractivity contribution in [3.63, 3.8) is 0 Å². The van der Waals surface area contributed by atoms with Gasteiger partial charge in [0.25, 0.3) is 0 Å². The van der Waals surface area contributed by atoms with Gasteiger partial charge in [-0.25, -0.2) is 4.68 Å². The summed E-state index contributed by atoms with van der Waals surface area (Å²) >= 11 is 5.88. The van der Waals surface area contributed by atoms with Gasteiger partial charge < -0.3 is 10.5 Å². The van der Waals surface area contributed by atoms with Crippen molar-refractivity contribution in [2.24, 2.45) is 0 Å². The number of hydrogen-bond donors (Lipinski definition) is 1. The lowest BCUT2D eigenvalue weighted by Crippen LogP contribution is -2.17. The average Bonchev–Trinajstić information content (AvgIpc) is 2.34. The van der Waals surface area contributed by atoms with Crippen molar-refractivity contribution in [2.45, 2.75) is 26.5 Å². The highest BCUT2D eigenvalue weighted by Gasteiger charge is 2.11. The van der Waals surface area contributed by atoms with Crippen molar-refractivity contribution >= 4 is 17.4 Å². The van der Waals surface area contributed by atoms with Crippen LogP contribution in [0.5, 0.6) is 0 Å². The molecule has 1 rings (SSSR count). The molecule has 4 nitrogen and oxygen atoms in total. The van der Waals surface area contributed by atoms with E-state index in [-0.39, 0.29) is 6.10 Å². The van der Waals surface area contributed by atoms with E-state index in [1.165, 1.54) is 0 Å². The molecule has 0 amide bonds. The van der Waals surface area contributed by atoms with E-state index >= 15 is 0 Å². The van der Waals surface area contributed by atoms with Crippen molar-refractivity contribution in [3.8, 4) is 0 Å². The molecule has 2 N–H and O–H groups in total. The zero-order valence-corrected chi connectivity index (χ0v) is 8.80. The van der Waals surface area contributed by atoms with Crippen LogP contribution in [0.4, 0.5) is 5.82 Å². The van der Waals surface area contributed by atoms with E-state index < -0.39 is 0 Å². The summed E-state index contributed by atoms with van der Waals surface area (Å²) in [5, 5.41) is 4.71. The Labute approximate surface area is 82.6 Å². The number of nitrogens with two attached hydrogens (primary N) is 1. The molecule has 1 atom stereocenters. The van der Waals surface area contributed by atoms with Crippen LogP contribution in [0.15, 0.2) is 0 Å². The molecule has 1 aromatic heterocycles. The second kappa shape index (κ2) is 3.98. The number of anilines is 1. The summed E-state index contributed by atoms with van der Waals surface area (Å²) in [6.07, 6.45) is 0.0812. The summed E-state index contributed by atoms with van der Waals surface area (Å²) in [7, 11) is 1.65. The fourth-order valence-corrected chi connectivity index (χ4v) is 1.17. The molecular weight excluding hydrogens is 190 g/mol. The molecule has 0 aliphatic heterocycles. The number of nitrogens with zero attached hydrogens (tertiary/aromatic N) is 2. The molecular formula is C8H14ClN3O. The predicted octanol–water partition coefficient (Wildman–Crippen LogP) is 1.46. The van der Waals surface area contributed by atoms with Crippen LogP contribution in [0.25, 0.3) is 0 Å². The molecule has 74 valence electrons. The SMILES string of the molecule is COC(C)Cn1nc(C)c(Cl)c1N. The highest BCUT2D eigenvalue weighted by Crippen LogP contribution is 2.22. The van der Waals surface area contributed by atoms with Gasteiger partial charge in [0.1, 0.15) is 10.8 Å². The van der Waals surface area contributed by atoms with Crippen LogP contribution in [0, 0.1) is 6.92 Å². The van der Waals surface area contributed by atoms with Crippen LogP contribution in [0.3, 0.4) is 0 Å². The van der Waals surface area contributed by atoms with Gasteiger partial charge in [0.15, 0.2) is 0 Å². The normalized spacial score (nSPS) is 13.2. The summed E-state index contributed by atoms with van der Waals surface area (Å²) in [6, 6.07) is 0. The van der Waals surface area contributed by atoms with Gasteiger partial charge in [-0.05, 0) is 13.8 Å². The number of nitrogen functional groups attached to an aromatic ring is 1. The number of ether oxygens (including phenoxy) is 1. The van der Waals surface area contributed by atoms with Gasteiger partial charge in [-0.15, -0.1) is 0 Å². The minimum atomic E-state index is 0.0812. The smallest absolute Gasteiger partial charge is 0.140 e. The Morgan fingerprint density at radius 2 is 2.31 bits per heavy atom. The number of aryl methyl sites for hydroxylation is 1. The standard InChI is InChI=1S/C8H14ClN3O/c1-5(13-3)4-12-8(10)7(9)6(2)11-12/h5H,4,10H2,1-3H3. The van der Waals surface area contributed by atoms with Crippen molar-refractivity contribution in [2.75, 3.05) is 12.8 Å². The number of methoxy groups -OCH3 is 1. The van der Waals surface area contributed by atoms with Crippen LogP contribution in [0.1, 0.15) is 12.6 Å². The van der Waals surface area contributed by atoms with Gasteiger partial charge in [0.05, 0.1) is 18.3 Å². The van der Waals surface area contributed by atoms with Gasteiger partial charge in [-0.3, -0.25) is 0 Å². The number of aromatic nitrogens is 2. The Kier molecular flexibility index (Phi) is 3.17. The molecule has 0 aromatic carbocycles. The molecule has 0 aliphatic carbocycles. The lowest BCUT2D eigenvalue weighted by molar-refractivity contribution is 0.100. The zero-order chi connectivity index (χ0) is 10.0. The Morgan fingerprint density at radius 3 is 2.69 bits per heavy atom. The third kappa shape index (κ3) is 2.14. The first-order valence-electron chi connectivity index (χ1n) is 4.07. The van der Waals surface area contributed by atoms with Crippen LogP contribution < -0.4 is 5.73 Å². The summed E-state index contributed by atoms with van der Waals surface area (Å²) in [6.45, 7) is 4.40. The number of halogens is 1. The second-order valence-electron chi connectivity index (χ2n) is 3.01. The van der Waals surface area contributed by atoms with Crippen molar-refractivity contribution in [1.82, 2.24) is 9.78 Å². The van der Waals surface area contributed by atoms with Gasteiger partial charge >= 0.3 is 0 Å². The summed E-state index contributed by atoms with van der Waals surface area (Å²) < 4.78 is 6.76. The van der Waals surface area contributed by atoms with Gasteiger partial charge in [-0.1, -0.05) is 11.6 Å². The van der Waals surface area contributed by atoms with E-state index in [9.17, 15) is 0 Å². The minimum absolute atomic E-state index is 0.0812. The summed E-state index contributed by atoms with van der Waals surface area (Å²) in [5.74, 6) is 0.503. The lowest BCUT2D eigenvalue weighted by Gasteiger charge is -2.10. The third-order valence-electron chi connectivity index (χ3n) is 1.92. The van der Waals surface area contributed by atoms with Crippen molar-refractivity contribution in [3.05, 3.63) is 10.7 Å². The second-order valence-corrected chi connectivity index (χ2v) is 3.39. The van der Waals surface area contributed by atoms with Crippen LogP contribution in [-0.2, 0) is 11.3 Å². The number of rotatable bonds is 3. The van der Waals surface area contributed by atoms with E-state index in [4.69, 9.17) is 22.1 Å². The van der Waals surface area contributed by atoms with E-state index in [1.54, 1.807) is 11.8 Å². The molecule has 0 saturated heterocycles. The summed E-state index contributed by atoms with van der Waals surface area (Å²) in [4.78, 5) is 0. The largest absolute Gasteiger partial charge is 0.383 e. The first-order chi connectivity index (χ1) is 6.06. The van der Waals surface area contributed by atoms with E-state index in [1.807, 2.05) is 13.8 Å². The molecule has 0 bridgehead atoms. The Balaban J connectivity index is 2.83. The van der Waals surface area contributed by atoms with Crippen LogP contribution in [0.2, 0.25) is 5.02 Å². The quantitative estimate of drug-likeness (QED) is 0.810. The lowest BCUT2D eigenvalue weighted by atomic mass is 10.4. The maximum absolute atomic E-state index is 5.88. The molecule has 13 heavy (non-hydrogen) atoms. The molecule has 0 radical (unpaired) electrons. The van der Waals surface area contributed by atoms with Crippen molar-refractivity contribution in [1.29, 1.82) is 0 Å². The highest BCUT2D eigenvalue weighted by atomic mass is 35.5. The molecule has 5 heteroatoms. The molecule has 0 saturated carbocycles. The van der Waals surface area contributed by atoms with Crippen LogP contribution in [-0.4, -0.2) is 23.0 Å². The third-order valence-corrected chi connectivity index (χ3v) is 2.39. The maximum Gasteiger partial charge on any atom is 0.140 e. The van der Waals surface area contributed by atoms with Crippen LogP contribution >= 0.6 is 11.6 Å². The molecule has 1 heterocycles. The average molecular weight is 204 g/mol. The Bertz CT molecular complexity index is 298. The van der Waals surface area contributed by atoms with E-state index in [2.05, 4.69) is 5.10 Å². The first-order valence-corrected chi connectivity index (χ1v) is 4.45. The maximum atomic E-state index is 5.88. The molecule has 0 aliphatic rings. The monoisotopic (exact) mass is 203 g/mol. The molecule has 0 spiro atoms. The Hall–Kier alpha value is -0.740.